The zero-order chi connectivity index (χ0) is 6.60. The highest BCUT2D eigenvalue weighted by Gasteiger charge is 2.56. The predicted molar refractivity (Wildman–Crippen MR) is 37.8 cm³/mol. The van der Waals surface area contributed by atoms with Gasteiger partial charge in [0.15, 0.2) is 0 Å². The van der Waals surface area contributed by atoms with E-state index < -0.39 is 0 Å². The number of piperidine rings is 3. The summed E-state index contributed by atoms with van der Waals surface area (Å²) in [6, 6.07) is 0. The van der Waals surface area contributed by atoms with E-state index in [-0.39, 0.29) is 0 Å². The molecule has 4 saturated heterocycles. The van der Waals surface area contributed by atoms with Crippen molar-refractivity contribution in [1.29, 1.82) is 0 Å². The van der Waals surface area contributed by atoms with Crippen LogP contribution < -0.4 is 0 Å². The summed E-state index contributed by atoms with van der Waals surface area (Å²) in [5.74, 6) is 0.914. The molecular weight excluding hydrogens is 126 g/mol. The third-order valence-corrected chi connectivity index (χ3v) is 3.34. The van der Waals surface area contributed by atoms with Crippen LogP contribution in [0.5, 0.6) is 0 Å². The summed E-state index contributed by atoms with van der Waals surface area (Å²) >= 11 is 0. The molecule has 1 spiro atoms. The lowest BCUT2D eigenvalue weighted by Gasteiger charge is -2.43. The molecule has 0 N–H and O–H groups in total. The van der Waals surface area contributed by atoms with Gasteiger partial charge in [-0.15, -0.1) is 0 Å². The minimum atomic E-state index is 0.372. The van der Waals surface area contributed by atoms with E-state index in [4.69, 9.17) is 4.74 Å². The minimum Gasteiger partial charge on any atom is -0.368 e. The second-order valence-electron chi connectivity index (χ2n) is 3.90. The number of epoxide rings is 1. The van der Waals surface area contributed by atoms with Crippen molar-refractivity contribution in [2.24, 2.45) is 5.92 Å². The Balaban J connectivity index is 1.90. The number of rotatable bonds is 0. The van der Waals surface area contributed by atoms with Gasteiger partial charge in [-0.1, -0.05) is 0 Å². The van der Waals surface area contributed by atoms with E-state index in [2.05, 4.69) is 4.90 Å². The highest BCUT2D eigenvalue weighted by molar-refractivity contribution is 5.06. The minimum absolute atomic E-state index is 0.372. The summed E-state index contributed by atoms with van der Waals surface area (Å²) in [7, 11) is 0. The number of hydrogen-bond acceptors (Lipinski definition) is 2. The van der Waals surface area contributed by atoms with Crippen molar-refractivity contribution in [2.75, 3.05) is 26.2 Å². The first-order valence-corrected chi connectivity index (χ1v) is 4.25. The molecular formula is C8H13NO. The molecule has 0 amide bonds. The Hall–Kier alpha value is -0.0800. The van der Waals surface area contributed by atoms with E-state index in [9.17, 15) is 0 Å². The SMILES string of the molecule is C1CN2CCC1[C@]1(CO1)C2. The summed E-state index contributed by atoms with van der Waals surface area (Å²) in [5, 5.41) is 0. The Morgan fingerprint density at radius 1 is 1.30 bits per heavy atom. The highest BCUT2D eigenvalue weighted by Crippen LogP contribution is 2.46. The molecule has 0 aromatic rings. The molecule has 4 aliphatic rings. The van der Waals surface area contributed by atoms with Crippen molar-refractivity contribution in [1.82, 2.24) is 4.90 Å². The summed E-state index contributed by atoms with van der Waals surface area (Å²) in [5.41, 5.74) is 0.372. The van der Waals surface area contributed by atoms with E-state index in [0.29, 0.717) is 5.60 Å². The normalized spacial score (nSPS) is 57.6. The van der Waals surface area contributed by atoms with Gasteiger partial charge >= 0.3 is 0 Å². The van der Waals surface area contributed by atoms with Crippen LogP contribution in [0, 0.1) is 5.92 Å². The second kappa shape index (κ2) is 1.56. The summed E-state index contributed by atoms with van der Waals surface area (Å²) in [6.45, 7) is 4.94. The molecule has 0 unspecified atom stereocenters. The molecule has 4 heterocycles. The van der Waals surface area contributed by atoms with Gasteiger partial charge < -0.3 is 9.64 Å². The fourth-order valence-electron chi connectivity index (χ4n) is 2.54. The molecule has 56 valence electrons. The van der Waals surface area contributed by atoms with Crippen molar-refractivity contribution in [3.05, 3.63) is 0 Å². The Labute approximate surface area is 61.1 Å². The molecule has 0 radical (unpaired) electrons. The monoisotopic (exact) mass is 139 g/mol. The first-order valence-electron chi connectivity index (χ1n) is 4.25. The number of ether oxygens (including phenoxy) is 1. The van der Waals surface area contributed by atoms with E-state index in [0.717, 1.165) is 12.5 Å². The van der Waals surface area contributed by atoms with Gasteiger partial charge in [0, 0.05) is 6.54 Å². The molecule has 4 fully saturated rings. The standard InChI is InChI=1S/C8H13NO/c1-3-9-4-2-7(1)8(5-9)6-10-8/h7H,1-6H2/t8-/m1/s1. The van der Waals surface area contributed by atoms with Gasteiger partial charge in [-0.2, -0.15) is 0 Å². The van der Waals surface area contributed by atoms with Gasteiger partial charge in [-0.25, -0.2) is 0 Å². The molecule has 10 heavy (non-hydrogen) atoms. The Kier molecular flexibility index (Phi) is 0.868. The smallest absolute Gasteiger partial charge is 0.107 e. The van der Waals surface area contributed by atoms with Gasteiger partial charge in [0.1, 0.15) is 5.60 Å². The average Bonchev–Trinajstić information content (AvgIpc) is 2.72. The molecule has 1 atom stereocenters. The van der Waals surface area contributed by atoms with Crippen LogP contribution in [0.3, 0.4) is 0 Å². The molecule has 2 heteroatoms. The van der Waals surface area contributed by atoms with Crippen LogP contribution in [0.2, 0.25) is 0 Å². The van der Waals surface area contributed by atoms with Crippen LogP contribution >= 0.6 is 0 Å². The average molecular weight is 139 g/mol. The fraction of sp³-hybridized carbons (Fsp3) is 1.00. The lowest BCUT2D eigenvalue weighted by Crippen LogP contribution is -2.52. The molecule has 0 aromatic carbocycles. The first kappa shape index (κ1) is 5.56. The highest BCUT2D eigenvalue weighted by atomic mass is 16.6. The van der Waals surface area contributed by atoms with Crippen molar-refractivity contribution >= 4 is 0 Å². The van der Waals surface area contributed by atoms with Crippen molar-refractivity contribution in [2.45, 2.75) is 18.4 Å². The zero-order valence-electron chi connectivity index (χ0n) is 6.18. The molecule has 0 aromatic heterocycles. The maximum absolute atomic E-state index is 5.53. The third kappa shape index (κ3) is 0.565. The number of hydrogen-bond donors (Lipinski definition) is 0. The molecule has 0 aliphatic carbocycles. The zero-order valence-corrected chi connectivity index (χ0v) is 6.18. The van der Waals surface area contributed by atoms with Gasteiger partial charge in [-0.3, -0.25) is 0 Å². The Morgan fingerprint density at radius 3 is 2.30 bits per heavy atom. The van der Waals surface area contributed by atoms with Crippen molar-refractivity contribution in [3.63, 3.8) is 0 Å². The van der Waals surface area contributed by atoms with Gasteiger partial charge in [0.05, 0.1) is 6.61 Å². The van der Waals surface area contributed by atoms with Crippen LogP contribution in [0.15, 0.2) is 0 Å². The molecule has 4 aliphatic heterocycles. The largest absolute Gasteiger partial charge is 0.368 e. The van der Waals surface area contributed by atoms with Gasteiger partial charge in [0.25, 0.3) is 0 Å². The lowest BCUT2D eigenvalue weighted by molar-refractivity contribution is 0.0242. The van der Waals surface area contributed by atoms with Crippen LogP contribution in [0.4, 0.5) is 0 Å². The van der Waals surface area contributed by atoms with Crippen LogP contribution in [0.1, 0.15) is 12.8 Å². The topological polar surface area (TPSA) is 15.8 Å². The summed E-state index contributed by atoms with van der Waals surface area (Å²) in [6.07, 6.45) is 2.78. The molecule has 4 rings (SSSR count). The van der Waals surface area contributed by atoms with Crippen molar-refractivity contribution < 1.29 is 4.74 Å². The van der Waals surface area contributed by atoms with Crippen LogP contribution in [0.25, 0.3) is 0 Å². The van der Waals surface area contributed by atoms with E-state index in [1.807, 2.05) is 0 Å². The Morgan fingerprint density at radius 2 is 2.00 bits per heavy atom. The Bertz CT molecular complexity index is 157. The summed E-state index contributed by atoms with van der Waals surface area (Å²) in [4.78, 5) is 2.55. The quantitative estimate of drug-likeness (QED) is 0.454. The second-order valence-corrected chi connectivity index (χ2v) is 3.90. The number of nitrogens with zero attached hydrogens (tertiary/aromatic N) is 1. The predicted octanol–water partition coefficient (Wildman–Crippen LogP) is 0.481. The maximum Gasteiger partial charge on any atom is 0.107 e. The molecule has 2 nitrogen and oxygen atoms in total. The van der Waals surface area contributed by atoms with E-state index in [1.54, 1.807) is 0 Å². The maximum atomic E-state index is 5.53. The van der Waals surface area contributed by atoms with E-state index >= 15 is 0 Å². The molecule has 2 bridgehead atoms. The lowest BCUT2D eigenvalue weighted by atomic mass is 9.79. The van der Waals surface area contributed by atoms with Crippen molar-refractivity contribution in [3.8, 4) is 0 Å². The third-order valence-electron chi connectivity index (χ3n) is 3.34. The molecule has 0 saturated carbocycles. The fourth-order valence-corrected chi connectivity index (χ4v) is 2.54. The van der Waals surface area contributed by atoms with Crippen LogP contribution in [-0.4, -0.2) is 36.7 Å². The van der Waals surface area contributed by atoms with Gasteiger partial charge in [-0.05, 0) is 31.8 Å². The summed E-state index contributed by atoms with van der Waals surface area (Å²) < 4.78 is 5.53. The first-order chi connectivity index (χ1) is 4.89. The van der Waals surface area contributed by atoms with Crippen LogP contribution in [-0.2, 0) is 4.74 Å². The number of fused-ring (bicyclic) bond motifs is 2. The van der Waals surface area contributed by atoms with Gasteiger partial charge in [0.2, 0.25) is 0 Å². The van der Waals surface area contributed by atoms with E-state index in [1.165, 1.54) is 32.5 Å².